The van der Waals surface area contributed by atoms with Crippen LogP contribution in [-0.4, -0.2) is 16.0 Å². The van der Waals surface area contributed by atoms with E-state index in [4.69, 9.17) is 34.8 Å². The Bertz CT molecular complexity index is 846. The Kier molecular flexibility index (Phi) is 5.21. The van der Waals surface area contributed by atoms with Crippen molar-refractivity contribution in [2.45, 2.75) is 6.54 Å². The molecule has 7 heteroatoms. The molecule has 2 aromatic carbocycles. The van der Waals surface area contributed by atoms with Crippen LogP contribution in [0.2, 0.25) is 15.1 Å². The fourth-order valence-electron chi connectivity index (χ4n) is 2.23. The maximum Gasteiger partial charge on any atom is 0.293 e. The zero-order chi connectivity index (χ0) is 17.3. The van der Waals surface area contributed by atoms with Crippen LogP contribution in [0.15, 0.2) is 47.4 Å². The number of imide groups is 1. The van der Waals surface area contributed by atoms with Crippen molar-refractivity contribution in [3.8, 4) is 0 Å². The largest absolute Gasteiger partial charge is 0.293 e. The molecule has 1 aliphatic heterocycles. The van der Waals surface area contributed by atoms with Gasteiger partial charge in [0, 0.05) is 20.6 Å². The van der Waals surface area contributed by atoms with E-state index in [1.54, 1.807) is 42.5 Å². The van der Waals surface area contributed by atoms with Crippen LogP contribution in [0.3, 0.4) is 0 Å². The third-order valence-corrected chi connectivity index (χ3v) is 5.25. The lowest BCUT2D eigenvalue weighted by molar-refractivity contribution is -0.123. The van der Waals surface area contributed by atoms with Crippen LogP contribution in [0.25, 0.3) is 6.08 Å². The summed E-state index contributed by atoms with van der Waals surface area (Å²) in [5.74, 6) is -0.374. The number of benzene rings is 2. The molecule has 0 atom stereocenters. The second kappa shape index (κ2) is 7.19. The first-order valence-electron chi connectivity index (χ1n) is 6.89. The summed E-state index contributed by atoms with van der Waals surface area (Å²) in [5.41, 5.74) is 1.30. The standard InChI is InChI=1S/C17H10Cl3NO2S/c18-11-4-1-3-10(7-11)8-15-16(22)21(17(23)24-15)9-12-13(19)5-2-6-14(12)20/h1-8H,9H2/b15-8+. The van der Waals surface area contributed by atoms with Crippen LogP contribution in [0.1, 0.15) is 11.1 Å². The van der Waals surface area contributed by atoms with E-state index < -0.39 is 0 Å². The van der Waals surface area contributed by atoms with Crippen LogP contribution in [0, 0.1) is 0 Å². The SMILES string of the molecule is O=C1S/C(=C/c2cccc(Cl)c2)C(=O)N1Cc1c(Cl)cccc1Cl. The van der Waals surface area contributed by atoms with Gasteiger partial charge in [-0.05, 0) is 47.7 Å². The van der Waals surface area contributed by atoms with E-state index >= 15 is 0 Å². The first-order valence-corrected chi connectivity index (χ1v) is 8.84. The van der Waals surface area contributed by atoms with E-state index in [1.807, 2.05) is 6.07 Å². The number of amides is 2. The summed E-state index contributed by atoms with van der Waals surface area (Å²) in [4.78, 5) is 26.2. The molecule has 0 bridgehead atoms. The van der Waals surface area contributed by atoms with Crippen molar-refractivity contribution in [3.63, 3.8) is 0 Å². The minimum absolute atomic E-state index is 0.0378. The number of halogens is 3. The Morgan fingerprint density at radius 3 is 2.33 bits per heavy atom. The van der Waals surface area contributed by atoms with Crippen molar-refractivity contribution in [1.29, 1.82) is 0 Å². The molecule has 1 fully saturated rings. The molecule has 1 heterocycles. The average molecular weight is 399 g/mol. The minimum atomic E-state index is -0.374. The molecule has 0 aromatic heterocycles. The molecule has 0 spiro atoms. The molecule has 2 amide bonds. The van der Waals surface area contributed by atoms with Gasteiger partial charge in [-0.1, -0.05) is 53.0 Å². The number of hydrogen-bond acceptors (Lipinski definition) is 3. The highest BCUT2D eigenvalue weighted by molar-refractivity contribution is 8.18. The average Bonchev–Trinajstić information content (AvgIpc) is 2.78. The monoisotopic (exact) mass is 397 g/mol. The van der Waals surface area contributed by atoms with Gasteiger partial charge in [0.25, 0.3) is 11.1 Å². The molecule has 3 rings (SSSR count). The van der Waals surface area contributed by atoms with Crippen molar-refractivity contribution >= 4 is 63.8 Å². The van der Waals surface area contributed by atoms with Gasteiger partial charge in [0.15, 0.2) is 0 Å². The second-order valence-electron chi connectivity index (χ2n) is 5.02. The number of hydrogen-bond donors (Lipinski definition) is 0. The van der Waals surface area contributed by atoms with E-state index in [2.05, 4.69) is 0 Å². The molecular formula is C17H10Cl3NO2S. The molecule has 0 N–H and O–H groups in total. The number of nitrogens with zero attached hydrogens (tertiary/aromatic N) is 1. The van der Waals surface area contributed by atoms with Crippen molar-refractivity contribution in [3.05, 3.63) is 73.6 Å². The summed E-state index contributed by atoms with van der Waals surface area (Å²) in [5, 5.41) is 1.04. The molecule has 0 saturated carbocycles. The van der Waals surface area contributed by atoms with Gasteiger partial charge >= 0.3 is 0 Å². The fraction of sp³-hybridized carbons (Fsp3) is 0.0588. The summed E-state index contributed by atoms with van der Waals surface area (Å²) in [6, 6.07) is 12.1. The van der Waals surface area contributed by atoms with Crippen molar-refractivity contribution in [2.24, 2.45) is 0 Å². The summed E-state index contributed by atoms with van der Waals surface area (Å²) >= 11 is 19.1. The van der Waals surface area contributed by atoms with Gasteiger partial charge in [0.2, 0.25) is 0 Å². The van der Waals surface area contributed by atoms with Gasteiger partial charge in [0.05, 0.1) is 11.4 Å². The fourth-order valence-corrected chi connectivity index (χ4v) is 3.78. The van der Waals surface area contributed by atoms with E-state index in [-0.39, 0.29) is 17.7 Å². The van der Waals surface area contributed by atoms with E-state index in [9.17, 15) is 9.59 Å². The lowest BCUT2D eigenvalue weighted by Gasteiger charge is -2.14. The number of carbonyl (C=O) groups excluding carboxylic acids is 2. The minimum Gasteiger partial charge on any atom is -0.268 e. The first kappa shape index (κ1) is 17.4. The van der Waals surface area contributed by atoms with E-state index in [0.717, 1.165) is 22.2 Å². The Balaban J connectivity index is 1.87. The summed E-state index contributed by atoms with van der Waals surface area (Å²) in [7, 11) is 0. The number of carbonyl (C=O) groups is 2. The number of rotatable bonds is 3. The Morgan fingerprint density at radius 1 is 1.00 bits per heavy atom. The zero-order valence-corrected chi connectivity index (χ0v) is 15.2. The van der Waals surface area contributed by atoms with Crippen LogP contribution < -0.4 is 0 Å². The van der Waals surface area contributed by atoms with Gasteiger partial charge in [0.1, 0.15) is 0 Å². The van der Waals surface area contributed by atoms with Gasteiger partial charge in [-0.15, -0.1) is 0 Å². The topological polar surface area (TPSA) is 37.4 Å². The van der Waals surface area contributed by atoms with Gasteiger partial charge < -0.3 is 0 Å². The highest BCUT2D eigenvalue weighted by Crippen LogP contribution is 2.35. The van der Waals surface area contributed by atoms with E-state index in [1.165, 1.54) is 0 Å². The first-order chi connectivity index (χ1) is 11.5. The quantitative estimate of drug-likeness (QED) is 0.606. The molecule has 0 radical (unpaired) electrons. The van der Waals surface area contributed by atoms with Gasteiger partial charge in [-0.3, -0.25) is 14.5 Å². The third-order valence-electron chi connectivity index (χ3n) is 3.40. The highest BCUT2D eigenvalue weighted by Gasteiger charge is 2.35. The molecule has 122 valence electrons. The molecule has 1 saturated heterocycles. The van der Waals surface area contributed by atoms with Gasteiger partial charge in [-0.25, -0.2) is 0 Å². The Morgan fingerprint density at radius 2 is 1.67 bits per heavy atom. The molecule has 1 aliphatic rings. The summed E-state index contributed by atoms with van der Waals surface area (Å²) in [6.07, 6.45) is 1.64. The Hall–Kier alpha value is -1.46. The molecule has 3 nitrogen and oxygen atoms in total. The third kappa shape index (κ3) is 3.62. The zero-order valence-electron chi connectivity index (χ0n) is 12.1. The predicted molar refractivity (Wildman–Crippen MR) is 99.4 cm³/mol. The number of thioether (sulfide) groups is 1. The molecule has 0 aliphatic carbocycles. The lowest BCUT2D eigenvalue weighted by Crippen LogP contribution is -2.27. The van der Waals surface area contributed by atoms with Crippen LogP contribution in [0.4, 0.5) is 4.79 Å². The second-order valence-corrected chi connectivity index (χ2v) is 7.27. The Labute approximate surface area is 158 Å². The van der Waals surface area contributed by atoms with E-state index in [0.29, 0.717) is 25.5 Å². The summed E-state index contributed by atoms with van der Waals surface area (Å²) < 4.78 is 0. The van der Waals surface area contributed by atoms with Crippen LogP contribution in [0.5, 0.6) is 0 Å². The molecular weight excluding hydrogens is 389 g/mol. The van der Waals surface area contributed by atoms with Crippen LogP contribution in [-0.2, 0) is 11.3 Å². The highest BCUT2D eigenvalue weighted by atomic mass is 35.5. The molecule has 2 aromatic rings. The van der Waals surface area contributed by atoms with Crippen LogP contribution >= 0.6 is 46.6 Å². The smallest absolute Gasteiger partial charge is 0.268 e. The van der Waals surface area contributed by atoms with Crippen molar-refractivity contribution < 1.29 is 9.59 Å². The van der Waals surface area contributed by atoms with Crippen molar-refractivity contribution in [2.75, 3.05) is 0 Å². The molecule has 0 unspecified atom stereocenters. The predicted octanol–water partition coefficient (Wildman–Crippen LogP) is 5.88. The van der Waals surface area contributed by atoms with Crippen molar-refractivity contribution in [1.82, 2.24) is 4.90 Å². The molecule has 24 heavy (non-hydrogen) atoms. The maximum absolute atomic E-state index is 12.5. The van der Waals surface area contributed by atoms with Gasteiger partial charge in [-0.2, -0.15) is 0 Å². The maximum atomic E-state index is 12.5. The normalized spacial score (nSPS) is 16.3. The summed E-state index contributed by atoms with van der Waals surface area (Å²) in [6.45, 7) is 0.0378. The lowest BCUT2D eigenvalue weighted by atomic mass is 10.2.